The number of hydrogen-bond acceptors (Lipinski definition) is 3. The average Bonchev–Trinajstić information content (AvgIpc) is 2.20. The first-order chi connectivity index (χ1) is 7.06. The summed E-state index contributed by atoms with van der Waals surface area (Å²) >= 11 is 0. The van der Waals surface area contributed by atoms with Gasteiger partial charge in [0.2, 0.25) is 5.91 Å². The van der Waals surface area contributed by atoms with Crippen molar-refractivity contribution in [2.24, 2.45) is 0 Å². The molecule has 0 aliphatic carbocycles. The summed E-state index contributed by atoms with van der Waals surface area (Å²) in [5, 5.41) is 5.84. The van der Waals surface area contributed by atoms with Gasteiger partial charge < -0.3 is 10.6 Å². The smallest absolute Gasteiger partial charge is 0.220 e. The number of carbonyl (C=O) groups is 2. The molecule has 0 saturated carbocycles. The maximum absolute atomic E-state index is 11.2. The van der Waals surface area contributed by atoms with Gasteiger partial charge in [0.15, 0.2) is 5.78 Å². The van der Waals surface area contributed by atoms with E-state index >= 15 is 0 Å². The van der Waals surface area contributed by atoms with E-state index < -0.39 is 0 Å². The zero-order chi connectivity index (χ0) is 11.7. The van der Waals surface area contributed by atoms with Crippen molar-refractivity contribution in [1.82, 2.24) is 10.6 Å². The predicted molar refractivity (Wildman–Crippen MR) is 60.7 cm³/mol. The minimum absolute atomic E-state index is 0.0395. The molecule has 0 aromatic carbocycles. The highest BCUT2D eigenvalue weighted by Gasteiger charge is 2.03. The van der Waals surface area contributed by atoms with E-state index in [2.05, 4.69) is 24.5 Å². The zero-order valence-corrected chi connectivity index (χ0v) is 9.93. The Balaban J connectivity index is 3.37. The molecule has 0 bridgehead atoms. The van der Waals surface area contributed by atoms with Crippen molar-refractivity contribution < 1.29 is 9.59 Å². The van der Waals surface area contributed by atoms with Crippen molar-refractivity contribution in [2.45, 2.75) is 46.1 Å². The predicted octanol–water partition coefficient (Wildman–Crippen LogP) is 0.860. The molecule has 4 heteroatoms. The Morgan fingerprint density at radius 1 is 1.27 bits per heavy atom. The largest absolute Gasteiger partial charge is 0.349 e. The fourth-order valence-corrected chi connectivity index (χ4v) is 1.05. The first-order valence-corrected chi connectivity index (χ1v) is 5.58. The van der Waals surface area contributed by atoms with Gasteiger partial charge in [-0.3, -0.25) is 9.59 Å². The summed E-state index contributed by atoms with van der Waals surface area (Å²) in [6.45, 7) is 6.95. The Labute approximate surface area is 91.8 Å². The van der Waals surface area contributed by atoms with Crippen molar-refractivity contribution in [3.8, 4) is 0 Å². The van der Waals surface area contributed by atoms with Gasteiger partial charge in [-0.1, -0.05) is 20.8 Å². The second-order valence-electron chi connectivity index (χ2n) is 3.88. The van der Waals surface area contributed by atoms with Gasteiger partial charge in [-0.2, -0.15) is 0 Å². The second kappa shape index (κ2) is 8.41. The lowest BCUT2D eigenvalue weighted by Gasteiger charge is -2.07. The number of carbonyl (C=O) groups excluding carboxylic acids is 2. The highest BCUT2D eigenvalue weighted by molar-refractivity contribution is 5.85. The number of rotatable bonds is 8. The van der Waals surface area contributed by atoms with Crippen molar-refractivity contribution >= 4 is 11.7 Å². The summed E-state index contributed by atoms with van der Waals surface area (Å²) < 4.78 is 0. The van der Waals surface area contributed by atoms with Gasteiger partial charge in [-0.25, -0.2) is 0 Å². The zero-order valence-electron chi connectivity index (χ0n) is 9.93. The lowest BCUT2D eigenvalue weighted by molar-refractivity contribution is -0.125. The molecular formula is C11H22N2O2. The van der Waals surface area contributed by atoms with Crippen molar-refractivity contribution in [3.63, 3.8) is 0 Å². The molecule has 2 N–H and O–H groups in total. The molecule has 0 heterocycles. The fourth-order valence-electron chi connectivity index (χ4n) is 1.05. The average molecular weight is 214 g/mol. The lowest BCUT2D eigenvalue weighted by Crippen LogP contribution is -2.30. The molecule has 0 saturated heterocycles. The molecule has 1 amide bonds. The lowest BCUT2D eigenvalue weighted by atomic mass is 10.2. The Hall–Kier alpha value is -0.900. The van der Waals surface area contributed by atoms with Crippen molar-refractivity contribution in [1.29, 1.82) is 0 Å². The van der Waals surface area contributed by atoms with Crippen LogP contribution in [-0.2, 0) is 9.59 Å². The Kier molecular flexibility index (Phi) is 7.91. The van der Waals surface area contributed by atoms with Gasteiger partial charge in [0.05, 0.1) is 6.54 Å². The topological polar surface area (TPSA) is 58.2 Å². The van der Waals surface area contributed by atoms with Crippen LogP contribution < -0.4 is 10.6 Å². The third-order valence-corrected chi connectivity index (χ3v) is 2.01. The molecule has 0 radical (unpaired) electrons. The van der Waals surface area contributed by atoms with Crippen LogP contribution in [0.25, 0.3) is 0 Å². The van der Waals surface area contributed by atoms with Gasteiger partial charge in [0.1, 0.15) is 0 Å². The maximum Gasteiger partial charge on any atom is 0.220 e. The summed E-state index contributed by atoms with van der Waals surface area (Å²) in [7, 11) is 0. The van der Waals surface area contributed by atoms with E-state index in [1.54, 1.807) is 6.92 Å². The van der Waals surface area contributed by atoms with E-state index in [1.165, 1.54) is 0 Å². The standard InChI is InChI=1S/C11H22N2O2/c1-4-10(14)8-13-11(15)6-5-7-12-9(2)3/h9,12H,4-8H2,1-3H3,(H,13,15). The van der Waals surface area contributed by atoms with Crippen LogP contribution in [0.4, 0.5) is 0 Å². The first kappa shape index (κ1) is 14.1. The molecular weight excluding hydrogens is 192 g/mol. The molecule has 0 aliphatic rings. The number of Topliss-reactive ketones (excluding diaryl/α,β-unsaturated/α-hetero) is 1. The molecule has 0 unspecified atom stereocenters. The summed E-state index contributed by atoms with van der Waals surface area (Å²) in [6.07, 6.45) is 1.77. The Morgan fingerprint density at radius 2 is 1.93 bits per heavy atom. The summed E-state index contributed by atoms with van der Waals surface area (Å²) in [5.41, 5.74) is 0. The Morgan fingerprint density at radius 3 is 2.47 bits per heavy atom. The fraction of sp³-hybridized carbons (Fsp3) is 0.818. The van der Waals surface area contributed by atoms with Crippen molar-refractivity contribution in [3.05, 3.63) is 0 Å². The van der Waals surface area contributed by atoms with Crippen LogP contribution in [0.1, 0.15) is 40.0 Å². The summed E-state index contributed by atoms with van der Waals surface area (Å²) in [4.78, 5) is 22.1. The van der Waals surface area contributed by atoms with E-state index in [1.807, 2.05) is 0 Å². The molecule has 15 heavy (non-hydrogen) atoms. The quantitative estimate of drug-likeness (QED) is 0.589. The normalized spacial score (nSPS) is 10.4. The van der Waals surface area contributed by atoms with Crippen molar-refractivity contribution in [2.75, 3.05) is 13.1 Å². The molecule has 0 aliphatic heterocycles. The van der Waals surface area contributed by atoms with E-state index in [9.17, 15) is 9.59 Å². The van der Waals surface area contributed by atoms with E-state index in [4.69, 9.17) is 0 Å². The Bertz CT molecular complexity index is 203. The summed E-state index contributed by atoms with van der Waals surface area (Å²) in [5.74, 6) is 0.0333. The van der Waals surface area contributed by atoms with Crippen LogP contribution in [0.5, 0.6) is 0 Å². The van der Waals surface area contributed by atoms with E-state index in [0.717, 1.165) is 13.0 Å². The number of nitrogens with one attached hydrogen (secondary N) is 2. The minimum Gasteiger partial charge on any atom is -0.349 e. The molecule has 88 valence electrons. The van der Waals surface area contributed by atoms with Gasteiger partial charge in [-0.05, 0) is 13.0 Å². The van der Waals surface area contributed by atoms with Crippen LogP contribution >= 0.6 is 0 Å². The number of hydrogen-bond donors (Lipinski definition) is 2. The van der Waals surface area contributed by atoms with Gasteiger partial charge in [0, 0.05) is 18.9 Å². The highest BCUT2D eigenvalue weighted by atomic mass is 16.2. The highest BCUT2D eigenvalue weighted by Crippen LogP contribution is 1.89. The maximum atomic E-state index is 11.2. The number of ketones is 1. The third kappa shape index (κ3) is 9.41. The van der Waals surface area contributed by atoms with E-state index in [-0.39, 0.29) is 18.2 Å². The molecule has 0 fully saturated rings. The molecule has 0 atom stereocenters. The van der Waals surface area contributed by atoms with Crippen LogP contribution in [0.15, 0.2) is 0 Å². The third-order valence-electron chi connectivity index (χ3n) is 2.01. The monoisotopic (exact) mass is 214 g/mol. The molecule has 0 rings (SSSR count). The molecule has 0 spiro atoms. The first-order valence-electron chi connectivity index (χ1n) is 5.58. The van der Waals surface area contributed by atoms with Gasteiger partial charge in [-0.15, -0.1) is 0 Å². The van der Waals surface area contributed by atoms with Crippen LogP contribution in [0.2, 0.25) is 0 Å². The SMILES string of the molecule is CCC(=O)CNC(=O)CCCNC(C)C. The number of amides is 1. The molecule has 0 aromatic heterocycles. The summed E-state index contributed by atoms with van der Waals surface area (Å²) in [6, 6.07) is 0.453. The van der Waals surface area contributed by atoms with Gasteiger partial charge in [0.25, 0.3) is 0 Å². The van der Waals surface area contributed by atoms with Crippen LogP contribution in [0.3, 0.4) is 0 Å². The van der Waals surface area contributed by atoms with Crippen LogP contribution in [0, 0.1) is 0 Å². The van der Waals surface area contributed by atoms with Crippen LogP contribution in [-0.4, -0.2) is 30.8 Å². The minimum atomic E-state index is -0.0395. The second-order valence-corrected chi connectivity index (χ2v) is 3.88. The molecule has 4 nitrogen and oxygen atoms in total. The molecule has 0 aromatic rings. The van der Waals surface area contributed by atoms with Gasteiger partial charge >= 0.3 is 0 Å². The van der Waals surface area contributed by atoms with E-state index in [0.29, 0.717) is 18.9 Å².